The van der Waals surface area contributed by atoms with Crippen molar-refractivity contribution in [1.82, 2.24) is 19.9 Å². The Bertz CT molecular complexity index is 797. The largest absolute Gasteiger partial charge is 0.361 e. The van der Waals surface area contributed by atoms with E-state index in [1.54, 1.807) is 23.5 Å². The zero-order valence-corrected chi connectivity index (χ0v) is 13.4. The van der Waals surface area contributed by atoms with E-state index in [1.807, 2.05) is 44.4 Å². The Hall–Kier alpha value is -2.69. The van der Waals surface area contributed by atoms with Crippen molar-refractivity contribution in [1.29, 1.82) is 0 Å². The van der Waals surface area contributed by atoms with Crippen LogP contribution in [0.1, 0.15) is 18.2 Å². The van der Waals surface area contributed by atoms with E-state index in [9.17, 15) is 4.79 Å². The highest BCUT2D eigenvalue weighted by Gasteiger charge is 2.18. The quantitative estimate of drug-likeness (QED) is 0.788. The second-order valence-electron chi connectivity index (χ2n) is 5.79. The van der Waals surface area contributed by atoms with Gasteiger partial charge in [0.15, 0.2) is 0 Å². The molecule has 23 heavy (non-hydrogen) atoms. The lowest BCUT2D eigenvalue weighted by Gasteiger charge is -2.24. The van der Waals surface area contributed by atoms with Gasteiger partial charge < -0.3 is 9.88 Å². The van der Waals surface area contributed by atoms with Gasteiger partial charge in [-0.2, -0.15) is 0 Å². The number of aromatic amines is 1. The summed E-state index contributed by atoms with van der Waals surface area (Å²) in [6, 6.07) is 8.11. The molecule has 0 saturated heterocycles. The molecule has 1 unspecified atom stereocenters. The molecule has 0 fully saturated rings. The van der Waals surface area contributed by atoms with Gasteiger partial charge in [0.05, 0.1) is 12.1 Å². The fraction of sp³-hybridized carbons (Fsp3) is 0.278. The molecule has 0 radical (unpaired) electrons. The van der Waals surface area contributed by atoms with E-state index in [-0.39, 0.29) is 11.9 Å². The van der Waals surface area contributed by atoms with Gasteiger partial charge in [-0.3, -0.25) is 14.8 Å². The summed E-state index contributed by atoms with van der Waals surface area (Å²) in [7, 11) is 1.85. The van der Waals surface area contributed by atoms with Gasteiger partial charge in [0.25, 0.3) is 0 Å². The minimum atomic E-state index is 0.0735. The van der Waals surface area contributed by atoms with E-state index in [4.69, 9.17) is 0 Å². The third-order valence-corrected chi connectivity index (χ3v) is 4.19. The average molecular weight is 308 g/mol. The molecule has 2 aromatic heterocycles. The van der Waals surface area contributed by atoms with Crippen LogP contribution in [0.5, 0.6) is 0 Å². The first kappa shape index (κ1) is 15.2. The summed E-state index contributed by atoms with van der Waals surface area (Å²) >= 11 is 0. The topological polar surface area (TPSA) is 61.9 Å². The maximum Gasteiger partial charge on any atom is 0.227 e. The number of hydrogen-bond acceptors (Lipinski definition) is 3. The van der Waals surface area contributed by atoms with Gasteiger partial charge in [0.1, 0.15) is 0 Å². The minimum absolute atomic E-state index is 0.0735. The highest BCUT2D eigenvalue weighted by atomic mass is 16.2. The number of amides is 1. The van der Waals surface area contributed by atoms with E-state index in [0.29, 0.717) is 12.8 Å². The summed E-state index contributed by atoms with van der Waals surface area (Å²) in [5, 5.41) is 1.11. The van der Waals surface area contributed by atoms with Crippen molar-refractivity contribution >= 4 is 16.8 Å². The van der Waals surface area contributed by atoms with Crippen LogP contribution in [-0.4, -0.2) is 38.8 Å². The van der Waals surface area contributed by atoms with E-state index in [0.717, 1.165) is 22.2 Å². The number of para-hydroxylation sites is 1. The predicted molar refractivity (Wildman–Crippen MR) is 90.0 cm³/mol. The van der Waals surface area contributed by atoms with Gasteiger partial charge in [0, 0.05) is 55.2 Å². The van der Waals surface area contributed by atoms with Crippen molar-refractivity contribution in [2.45, 2.75) is 25.8 Å². The average Bonchev–Trinajstić information content (AvgIpc) is 2.98. The van der Waals surface area contributed by atoms with Gasteiger partial charge in [0.2, 0.25) is 5.91 Å². The lowest BCUT2D eigenvalue weighted by atomic mass is 10.1. The fourth-order valence-electron chi connectivity index (χ4n) is 2.69. The van der Waals surface area contributed by atoms with E-state index < -0.39 is 0 Å². The maximum absolute atomic E-state index is 12.6. The normalized spacial score (nSPS) is 12.3. The van der Waals surface area contributed by atoms with Crippen LogP contribution in [0.15, 0.2) is 49.1 Å². The number of nitrogens with zero attached hydrogens (tertiary/aromatic N) is 3. The number of nitrogens with one attached hydrogen (secondary N) is 1. The van der Waals surface area contributed by atoms with Crippen molar-refractivity contribution in [3.05, 3.63) is 60.3 Å². The molecule has 0 bridgehead atoms. The van der Waals surface area contributed by atoms with E-state index in [2.05, 4.69) is 15.0 Å². The lowest BCUT2D eigenvalue weighted by molar-refractivity contribution is -0.130. The molecule has 0 aliphatic rings. The van der Waals surface area contributed by atoms with Crippen molar-refractivity contribution < 1.29 is 4.79 Å². The number of carbonyl (C=O) groups excluding carboxylic acids is 1. The summed E-state index contributed by atoms with van der Waals surface area (Å²) in [6.07, 6.45) is 8.09. The Kier molecular flexibility index (Phi) is 4.37. The van der Waals surface area contributed by atoms with Crippen LogP contribution < -0.4 is 0 Å². The number of aromatic nitrogens is 3. The number of hydrogen-bond donors (Lipinski definition) is 1. The Morgan fingerprint density at radius 3 is 2.91 bits per heavy atom. The highest BCUT2D eigenvalue weighted by molar-refractivity contribution is 5.88. The first-order chi connectivity index (χ1) is 11.1. The van der Waals surface area contributed by atoms with Crippen LogP contribution in [0.4, 0.5) is 0 Å². The summed E-state index contributed by atoms with van der Waals surface area (Å²) in [5.41, 5.74) is 2.99. The number of benzene rings is 1. The molecule has 2 heterocycles. The molecule has 3 aromatic rings. The van der Waals surface area contributed by atoms with Crippen molar-refractivity contribution in [2.75, 3.05) is 7.05 Å². The minimum Gasteiger partial charge on any atom is -0.361 e. The fourth-order valence-corrected chi connectivity index (χ4v) is 2.69. The van der Waals surface area contributed by atoms with E-state index in [1.165, 1.54) is 0 Å². The monoisotopic (exact) mass is 308 g/mol. The molecule has 1 aromatic carbocycles. The number of fused-ring (bicyclic) bond motifs is 1. The Morgan fingerprint density at radius 2 is 2.13 bits per heavy atom. The molecule has 0 spiro atoms. The van der Waals surface area contributed by atoms with Gasteiger partial charge in [-0.1, -0.05) is 18.2 Å². The molecule has 5 nitrogen and oxygen atoms in total. The van der Waals surface area contributed by atoms with Gasteiger partial charge in [-0.15, -0.1) is 0 Å². The zero-order valence-electron chi connectivity index (χ0n) is 13.4. The first-order valence-electron chi connectivity index (χ1n) is 7.70. The number of H-pyrrole nitrogens is 1. The SMILES string of the molecule is CC(Cc1cnccn1)N(C)C(=O)Cc1c[nH]c2ccccc12. The van der Waals surface area contributed by atoms with E-state index >= 15 is 0 Å². The third-order valence-electron chi connectivity index (χ3n) is 4.19. The first-order valence-corrected chi connectivity index (χ1v) is 7.70. The zero-order chi connectivity index (χ0) is 16.2. The molecule has 0 aliphatic heterocycles. The van der Waals surface area contributed by atoms with Crippen molar-refractivity contribution in [2.24, 2.45) is 0 Å². The molecule has 1 amide bonds. The van der Waals surface area contributed by atoms with Crippen molar-refractivity contribution in [3.8, 4) is 0 Å². The Balaban J connectivity index is 1.67. The highest BCUT2D eigenvalue weighted by Crippen LogP contribution is 2.19. The number of carbonyl (C=O) groups is 1. The standard InChI is InChI=1S/C18H20N4O/c1-13(9-15-12-19-7-8-20-15)22(2)18(23)10-14-11-21-17-6-4-3-5-16(14)17/h3-8,11-13,21H,9-10H2,1-2H3. The third kappa shape index (κ3) is 3.39. The van der Waals surface area contributed by atoms with Crippen LogP contribution in [0.25, 0.3) is 10.9 Å². The Labute approximate surface area is 135 Å². The van der Waals surface area contributed by atoms with Gasteiger partial charge in [-0.05, 0) is 18.6 Å². The summed E-state index contributed by atoms with van der Waals surface area (Å²) in [5.74, 6) is 0.103. The van der Waals surface area contributed by atoms with Crippen LogP contribution >= 0.6 is 0 Å². The second-order valence-corrected chi connectivity index (χ2v) is 5.79. The lowest BCUT2D eigenvalue weighted by Crippen LogP contribution is -2.37. The number of rotatable bonds is 5. The summed E-state index contributed by atoms with van der Waals surface area (Å²) < 4.78 is 0. The van der Waals surface area contributed by atoms with Gasteiger partial charge >= 0.3 is 0 Å². The predicted octanol–water partition coefficient (Wildman–Crippen LogP) is 2.59. The Morgan fingerprint density at radius 1 is 1.30 bits per heavy atom. The molecule has 1 atom stereocenters. The molecule has 118 valence electrons. The summed E-state index contributed by atoms with van der Waals surface area (Å²) in [4.78, 5) is 25.9. The van der Waals surface area contributed by atoms with Crippen molar-refractivity contribution in [3.63, 3.8) is 0 Å². The van der Waals surface area contributed by atoms with Crippen LogP contribution in [0, 0.1) is 0 Å². The molecule has 5 heteroatoms. The summed E-state index contributed by atoms with van der Waals surface area (Å²) in [6.45, 7) is 2.03. The van der Waals surface area contributed by atoms with Crippen LogP contribution in [-0.2, 0) is 17.6 Å². The molecular weight excluding hydrogens is 288 g/mol. The van der Waals surface area contributed by atoms with Crippen LogP contribution in [0.2, 0.25) is 0 Å². The maximum atomic E-state index is 12.6. The smallest absolute Gasteiger partial charge is 0.227 e. The molecule has 0 saturated carbocycles. The molecule has 3 rings (SSSR count). The second kappa shape index (κ2) is 6.60. The molecule has 1 N–H and O–H groups in total. The van der Waals surface area contributed by atoms with Crippen LogP contribution in [0.3, 0.4) is 0 Å². The molecular formula is C18H20N4O. The molecule has 0 aliphatic carbocycles. The van der Waals surface area contributed by atoms with Gasteiger partial charge in [-0.25, -0.2) is 0 Å². The number of likely N-dealkylation sites (N-methyl/N-ethyl adjacent to an activating group) is 1.